The molecule has 2 aliphatic rings. The maximum atomic E-state index is 6.58. The summed E-state index contributed by atoms with van der Waals surface area (Å²) in [6.45, 7) is 4.57. The SMILES string of the molecule is CC1(C)c2ccccc2-c2cc3c(cc21)Oc1ccc(-c2ccc([Si](c4ccccc4)(c4ccccc4)c4ccccc4)cc2)cc1O3. The number of benzene rings is 7. The number of ether oxygens (including phenoxy) is 2. The molecule has 3 heteroatoms. The van der Waals surface area contributed by atoms with Gasteiger partial charge in [-0.05, 0) is 78.4 Å². The molecular formula is C45H34O2Si. The Morgan fingerprint density at radius 3 is 1.48 bits per heavy atom. The van der Waals surface area contributed by atoms with Crippen LogP contribution in [0.5, 0.6) is 23.0 Å². The van der Waals surface area contributed by atoms with Gasteiger partial charge in [0.25, 0.3) is 0 Å². The van der Waals surface area contributed by atoms with E-state index < -0.39 is 8.07 Å². The van der Waals surface area contributed by atoms with Crippen LogP contribution in [0.25, 0.3) is 22.3 Å². The first kappa shape index (κ1) is 28.6. The van der Waals surface area contributed by atoms with E-state index in [0.29, 0.717) is 0 Å². The molecule has 7 aromatic carbocycles. The van der Waals surface area contributed by atoms with Crippen molar-refractivity contribution in [3.05, 3.63) is 181 Å². The van der Waals surface area contributed by atoms with Crippen LogP contribution < -0.4 is 30.2 Å². The van der Waals surface area contributed by atoms with Crippen molar-refractivity contribution >= 4 is 28.8 Å². The Bertz CT molecular complexity index is 2200. The zero-order valence-electron chi connectivity index (χ0n) is 27.0. The van der Waals surface area contributed by atoms with Gasteiger partial charge in [-0.25, -0.2) is 0 Å². The lowest BCUT2D eigenvalue weighted by molar-refractivity contribution is 0.359. The fourth-order valence-electron chi connectivity index (χ4n) is 7.93. The van der Waals surface area contributed by atoms with Gasteiger partial charge in [-0.1, -0.05) is 159 Å². The minimum atomic E-state index is -2.58. The molecule has 2 nitrogen and oxygen atoms in total. The summed E-state index contributed by atoms with van der Waals surface area (Å²) < 4.78 is 13.1. The van der Waals surface area contributed by atoms with Gasteiger partial charge in [0.1, 0.15) is 0 Å². The van der Waals surface area contributed by atoms with E-state index in [9.17, 15) is 0 Å². The fraction of sp³-hybridized carbons (Fsp3) is 0.0667. The molecule has 0 radical (unpaired) electrons. The molecule has 0 amide bonds. The van der Waals surface area contributed by atoms with Gasteiger partial charge in [-0.3, -0.25) is 0 Å². The smallest absolute Gasteiger partial charge is 0.179 e. The van der Waals surface area contributed by atoms with Crippen molar-refractivity contribution in [3.63, 3.8) is 0 Å². The predicted octanol–water partition coefficient (Wildman–Crippen LogP) is 8.94. The van der Waals surface area contributed by atoms with Crippen molar-refractivity contribution in [1.29, 1.82) is 0 Å². The number of fused-ring (bicyclic) bond motifs is 5. The van der Waals surface area contributed by atoms with Crippen LogP contribution in [0.4, 0.5) is 0 Å². The van der Waals surface area contributed by atoms with Gasteiger partial charge in [-0.2, -0.15) is 0 Å². The Morgan fingerprint density at radius 2 is 0.854 bits per heavy atom. The van der Waals surface area contributed by atoms with Crippen LogP contribution in [-0.4, -0.2) is 8.07 Å². The minimum absolute atomic E-state index is 0.0947. The summed E-state index contributed by atoms with van der Waals surface area (Å²) in [7, 11) is -2.58. The van der Waals surface area contributed by atoms with E-state index >= 15 is 0 Å². The molecule has 1 aliphatic heterocycles. The van der Waals surface area contributed by atoms with Gasteiger partial charge >= 0.3 is 0 Å². The van der Waals surface area contributed by atoms with Gasteiger partial charge in [0.05, 0.1) is 0 Å². The van der Waals surface area contributed by atoms with Crippen molar-refractivity contribution in [2.24, 2.45) is 0 Å². The van der Waals surface area contributed by atoms with Gasteiger partial charge in [0, 0.05) is 5.41 Å². The highest BCUT2D eigenvalue weighted by molar-refractivity contribution is 7.19. The standard InChI is InChI=1S/C45H34O2Si/c1-45(2)39-21-13-12-20-37(39)38-29-43-44(30-40(38)45)46-41-27-24-32(28-42(41)47-43)31-22-25-36(26-23-31)48(33-14-6-3-7-15-33,34-16-8-4-9-17-34)35-18-10-5-11-19-35/h3-30H,1-2H3. The van der Waals surface area contributed by atoms with Crippen LogP contribution in [-0.2, 0) is 5.41 Å². The number of rotatable bonds is 5. The van der Waals surface area contributed by atoms with E-state index in [1.807, 2.05) is 6.07 Å². The highest BCUT2D eigenvalue weighted by atomic mass is 28.3. The molecule has 0 bridgehead atoms. The van der Waals surface area contributed by atoms with Crippen molar-refractivity contribution < 1.29 is 9.47 Å². The Balaban J connectivity index is 1.10. The minimum Gasteiger partial charge on any atom is -0.450 e. The van der Waals surface area contributed by atoms with E-state index in [4.69, 9.17) is 9.47 Å². The molecule has 1 aliphatic carbocycles. The van der Waals surface area contributed by atoms with Crippen molar-refractivity contribution in [1.82, 2.24) is 0 Å². The summed E-state index contributed by atoms with van der Waals surface area (Å²) in [5.74, 6) is 2.99. The Hall–Kier alpha value is -5.64. The molecule has 0 saturated heterocycles. The maximum Gasteiger partial charge on any atom is 0.179 e. The molecular weight excluding hydrogens is 601 g/mol. The van der Waals surface area contributed by atoms with E-state index in [1.165, 1.54) is 43.0 Å². The van der Waals surface area contributed by atoms with Gasteiger partial charge in [0.15, 0.2) is 31.1 Å². The third-order valence-electron chi connectivity index (χ3n) is 10.3. The third kappa shape index (κ3) is 4.32. The molecule has 0 N–H and O–H groups in total. The fourth-order valence-corrected chi connectivity index (χ4v) is 12.7. The molecule has 7 aromatic rings. The second kappa shape index (κ2) is 11.0. The normalized spacial score (nSPS) is 13.7. The van der Waals surface area contributed by atoms with Crippen LogP contribution in [0.15, 0.2) is 170 Å². The largest absolute Gasteiger partial charge is 0.450 e. The predicted molar refractivity (Wildman–Crippen MR) is 200 cm³/mol. The molecule has 1 heterocycles. The second-order valence-electron chi connectivity index (χ2n) is 13.3. The maximum absolute atomic E-state index is 6.58. The van der Waals surface area contributed by atoms with E-state index in [1.54, 1.807) is 0 Å². The van der Waals surface area contributed by atoms with Crippen LogP contribution >= 0.6 is 0 Å². The lowest BCUT2D eigenvalue weighted by atomic mass is 9.82. The third-order valence-corrected chi connectivity index (χ3v) is 15.1. The van der Waals surface area contributed by atoms with Crippen LogP contribution in [0.2, 0.25) is 0 Å². The molecule has 0 fully saturated rings. The molecule has 0 saturated carbocycles. The zero-order valence-corrected chi connectivity index (χ0v) is 28.0. The molecule has 0 unspecified atom stereocenters. The quantitative estimate of drug-likeness (QED) is 0.139. The van der Waals surface area contributed by atoms with Crippen molar-refractivity contribution in [2.75, 3.05) is 0 Å². The van der Waals surface area contributed by atoms with Gasteiger partial charge in [-0.15, -0.1) is 0 Å². The lowest BCUT2D eigenvalue weighted by Gasteiger charge is -2.34. The Labute approximate surface area is 282 Å². The first-order valence-corrected chi connectivity index (χ1v) is 18.6. The monoisotopic (exact) mass is 634 g/mol. The summed E-state index contributed by atoms with van der Waals surface area (Å²) in [6, 6.07) is 61.6. The second-order valence-corrected chi connectivity index (χ2v) is 17.1. The first-order valence-electron chi connectivity index (χ1n) is 16.6. The Morgan fingerprint density at radius 1 is 0.375 bits per heavy atom. The Kier molecular flexibility index (Phi) is 6.53. The molecule has 0 aromatic heterocycles. The molecule has 0 spiro atoms. The van der Waals surface area contributed by atoms with Crippen LogP contribution in [0.1, 0.15) is 25.0 Å². The van der Waals surface area contributed by atoms with Crippen LogP contribution in [0.3, 0.4) is 0 Å². The topological polar surface area (TPSA) is 18.5 Å². The summed E-state index contributed by atoms with van der Waals surface area (Å²) >= 11 is 0. The summed E-state index contributed by atoms with van der Waals surface area (Å²) in [5.41, 5.74) is 7.23. The number of hydrogen-bond acceptors (Lipinski definition) is 2. The van der Waals surface area contributed by atoms with Crippen molar-refractivity contribution in [3.8, 4) is 45.3 Å². The van der Waals surface area contributed by atoms with E-state index in [0.717, 1.165) is 34.1 Å². The average Bonchev–Trinajstić information content (AvgIpc) is 3.36. The highest BCUT2D eigenvalue weighted by Gasteiger charge is 2.41. The summed E-state index contributed by atoms with van der Waals surface area (Å²) in [4.78, 5) is 0. The molecule has 48 heavy (non-hydrogen) atoms. The zero-order chi connectivity index (χ0) is 32.3. The highest BCUT2D eigenvalue weighted by Crippen LogP contribution is 2.55. The summed E-state index contributed by atoms with van der Waals surface area (Å²) in [5, 5.41) is 5.44. The van der Waals surface area contributed by atoms with E-state index in [-0.39, 0.29) is 5.41 Å². The molecule has 230 valence electrons. The molecule has 9 rings (SSSR count). The lowest BCUT2D eigenvalue weighted by Crippen LogP contribution is -2.74. The average molecular weight is 635 g/mol. The van der Waals surface area contributed by atoms with Crippen molar-refractivity contribution in [2.45, 2.75) is 19.3 Å². The van der Waals surface area contributed by atoms with Crippen LogP contribution in [0, 0.1) is 0 Å². The van der Waals surface area contributed by atoms with E-state index in [2.05, 4.69) is 178 Å². The first-order chi connectivity index (χ1) is 23.5. The number of hydrogen-bond donors (Lipinski definition) is 0. The van der Waals surface area contributed by atoms with Gasteiger partial charge in [0.2, 0.25) is 0 Å². The summed E-state index contributed by atoms with van der Waals surface area (Å²) in [6.07, 6.45) is 0. The van der Waals surface area contributed by atoms with Gasteiger partial charge < -0.3 is 9.47 Å². The molecule has 0 atom stereocenters.